The van der Waals surface area contributed by atoms with Crippen LogP contribution < -0.4 is 4.90 Å². The Morgan fingerprint density at radius 3 is 2.54 bits per heavy atom. The van der Waals surface area contributed by atoms with Gasteiger partial charge in [0, 0.05) is 18.3 Å². The lowest BCUT2D eigenvalue weighted by Crippen LogP contribution is -2.45. The van der Waals surface area contributed by atoms with Crippen LogP contribution in [0.1, 0.15) is 55.4 Å². The van der Waals surface area contributed by atoms with E-state index < -0.39 is 0 Å². The minimum atomic E-state index is -0.296. The maximum Gasteiger partial charge on any atom is 0.123 e. The Bertz CT molecular complexity index is 901. The average molecular weight is 348 g/mol. The summed E-state index contributed by atoms with van der Waals surface area (Å²) in [6.07, 6.45) is 3.00. The zero-order chi connectivity index (χ0) is 19.1. The number of fused-ring (bicyclic) bond motifs is 1. The number of allylic oxidation sites excluding steroid dienone is 1. The SMILES string of the molecule is Cc1cc2c(cc1/C=C(/C#N)c1ccc(F)cc1)C(C)CC(C)(C)N2C. The first-order chi connectivity index (χ1) is 12.2. The number of nitrogens with zero attached hydrogens (tertiary/aromatic N) is 2. The number of benzene rings is 2. The van der Waals surface area contributed by atoms with E-state index in [1.54, 1.807) is 12.1 Å². The van der Waals surface area contributed by atoms with Crippen LogP contribution in [0, 0.1) is 24.1 Å². The van der Waals surface area contributed by atoms with E-state index in [1.165, 1.54) is 23.4 Å². The number of hydrogen-bond donors (Lipinski definition) is 0. The number of hydrogen-bond acceptors (Lipinski definition) is 2. The minimum Gasteiger partial charge on any atom is -0.369 e. The molecule has 26 heavy (non-hydrogen) atoms. The predicted octanol–water partition coefficient (Wildman–Crippen LogP) is 5.92. The zero-order valence-corrected chi connectivity index (χ0v) is 16.1. The molecule has 1 aliphatic rings. The maximum absolute atomic E-state index is 13.2. The fourth-order valence-electron chi connectivity index (χ4n) is 3.86. The van der Waals surface area contributed by atoms with Gasteiger partial charge in [-0.25, -0.2) is 4.39 Å². The van der Waals surface area contributed by atoms with Gasteiger partial charge < -0.3 is 4.90 Å². The summed E-state index contributed by atoms with van der Waals surface area (Å²) in [6, 6.07) is 12.8. The van der Waals surface area contributed by atoms with E-state index in [0.717, 1.165) is 23.1 Å². The fourth-order valence-corrected chi connectivity index (χ4v) is 3.86. The van der Waals surface area contributed by atoms with Crippen molar-refractivity contribution in [1.82, 2.24) is 0 Å². The van der Waals surface area contributed by atoms with Gasteiger partial charge in [-0.15, -0.1) is 0 Å². The van der Waals surface area contributed by atoms with E-state index in [4.69, 9.17) is 0 Å². The van der Waals surface area contributed by atoms with Crippen molar-refractivity contribution in [3.05, 3.63) is 64.5 Å². The second-order valence-corrected chi connectivity index (χ2v) is 7.92. The van der Waals surface area contributed by atoms with Gasteiger partial charge in [-0.05, 0) is 85.7 Å². The normalized spacial score (nSPS) is 19.0. The van der Waals surface area contributed by atoms with Gasteiger partial charge in [0.25, 0.3) is 0 Å². The van der Waals surface area contributed by atoms with Gasteiger partial charge in [-0.3, -0.25) is 0 Å². The van der Waals surface area contributed by atoms with Gasteiger partial charge >= 0.3 is 0 Å². The molecule has 1 heterocycles. The Balaban J connectivity index is 2.08. The summed E-state index contributed by atoms with van der Waals surface area (Å²) in [6.45, 7) is 8.89. The van der Waals surface area contributed by atoms with Crippen LogP contribution in [-0.2, 0) is 0 Å². The predicted molar refractivity (Wildman–Crippen MR) is 107 cm³/mol. The summed E-state index contributed by atoms with van der Waals surface area (Å²) in [7, 11) is 2.15. The summed E-state index contributed by atoms with van der Waals surface area (Å²) in [5.74, 6) is 0.163. The van der Waals surface area contributed by atoms with Crippen LogP contribution in [0.15, 0.2) is 36.4 Å². The second-order valence-electron chi connectivity index (χ2n) is 7.92. The Kier molecular flexibility index (Phi) is 4.63. The van der Waals surface area contributed by atoms with Crippen molar-refractivity contribution in [3.8, 4) is 6.07 Å². The molecule has 0 aliphatic carbocycles. The molecule has 0 bridgehead atoms. The van der Waals surface area contributed by atoms with Crippen molar-refractivity contribution in [3.63, 3.8) is 0 Å². The fraction of sp³-hybridized carbons (Fsp3) is 0.348. The minimum absolute atomic E-state index is 0.127. The van der Waals surface area contributed by atoms with Crippen molar-refractivity contribution < 1.29 is 4.39 Å². The lowest BCUT2D eigenvalue weighted by atomic mass is 9.79. The molecule has 3 rings (SSSR count). The highest BCUT2D eigenvalue weighted by atomic mass is 19.1. The third-order valence-electron chi connectivity index (χ3n) is 5.60. The van der Waals surface area contributed by atoms with E-state index in [1.807, 2.05) is 6.08 Å². The van der Waals surface area contributed by atoms with Crippen LogP contribution in [-0.4, -0.2) is 12.6 Å². The highest BCUT2D eigenvalue weighted by Gasteiger charge is 2.34. The molecule has 2 aromatic rings. The molecule has 0 saturated heterocycles. The van der Waals surface area contributed by atoms with E-state index in [9.17, 15) is 9.65 Å². The molecule has 2 aromatic carbocycles. The number of anilines is 1. The van der Waals surface area contributed by atoms with Crippen LogP contribution in [0.2, 0.25) is 0 Å². The molecule has 0 saturated carbocycles. The Morgan fingerprint density at radius 2 is 1.92 bits per heavy atom. The van der Waals surface area contributed by atoms with Crippen molar-refractivity contribution >= 4 is 17.3 Å². The Hall–Kier alpha value is -2.60. The average Bonchev–Trinajstić information content (AvgIpc) is 2.59. The van der Waals surface area contributed by atoms with Crippen molar-refractivity contribution in [2.45, 2.75) is 45.6 Å². The molecule has 3 heteroatoms. The van der Waals surface area contributed by atoms with Crippen molar-refractivity contribution in [2.75, 3.05) is 11.9 Å². The van der Waals surface area contributed by atoms with Crippen LogP contribution in [0.3, 0.4) is 0 Å². The van der Waals surface area contributed by atoms with Crippen molar-refractivity contribution in [1.29, 1.82) is 5.26 Å². The maximum atomic E-state index is 13.2. The van der Waals surface area contributed by atoms with Crippen molar-refractivity contribution in [2.24, 2.45) is 0 Å². The van der Waals surface area contributed by atoms with Gasteiger partial charge in [-0.2, -0.15) is 5.26 Å². The summed E-state index contributed by atoms with van der Waals surface area (Å²) in [5, 5.41) is 9.58. The third kappa shape index (κ3) is 3.24. The molecule has 1 aliphatic heterocycles. The Labute approximate surface area is 155 Å². The third-order valence-corrected chi connectivity index (χ3v) is 5.60. The number of halogens is 1. The van der Waals surface area contributed by atoms with E-state index in [0.29, 0.717) is 11.5 Å². The van der Waals surface area contributed by atoms with E-state index in [-0.39, 0.29) is 11.4 Å². The van der Waals surface area contributed by atoms with Crippen LogP contribution in [0.4, 0.5) is 10.1 Å². The lowest BCUT2D eigenvalue weighted by molar-refractivity contribution is 0.395. The summed E-state index contributed by atoms with van der Waals surface area (Å²) < 4.78 is 13.2. The number of aryl methyl sites for hydroxylation is 1. The van der Waals surface area contributed by atoms with Gasteiger partial charge in [0.15, 0.2) is 0 Å². The highest BCUT2D eigenvalue weighted by molar-refractivity contribution is 5.90. The van der Waals surface area contributed by atoms with E-state index >= 15 is 0 Å². The molecule has 0 fully saturated rings. The number of rotatable bonds is 2. The van der Waals surface area contributed by atoms with Gasteiger partial charge in [0.05, 0.1) is 11.6 Å². The van der Waals surface area contributed by atoms with E-state index in [2.05, 4.69) is 57.8 Å². The topological polar surface area (TPSA) is 27.0 Å². The molecule has 0 aromatic heterocycles. The summed E-state index contributed by atoms with van der Waals surface area (Å²) >= 11 is 0. The molecule has 1 atom stereocenters. The van der Waals surface area contributed by atoms with Gasteiger partial charge in [-0.1, -0.05) is 19.1 Å². The smallest absolute Gasteiger partial charge is 0.123 e. The first-order valence-electron chi connectivity index (χ1n) is 8.99. The number of nitriles is 1. The monoisotopic (exact) mass is 348 g/mol. The standard InChI is InChI=1S/C23H25FN2/c1-15-10-22-21(16(2)13-23(3,4)26(22)5)12-18(15)11-19(14-25)17-6-8-20(24)9-7-17/h6-12,16H,13H2,1-5H3/b19-11-. The molecule has 0 amide bonds. The van der Waals surface area contributed by atoms with Gasteiger partial charge in [0.2, 0.25) is 0 Å². The van der Waals surface area contributed by atoms with Crippen LogP contribution >= 0.6 is 0 Å². The summed E-state index contributed by atoms with van der Waals surface area (Å²) in [4.78, 5) is 2.36. The molecule has 1 unspecified atom stereocenters. The summed E-state index contributed by atoms with van der Waals surface area (Å²) in [5.41, 5.74) is 6.17. The molecule has 0 spiro atoms. The molecule has 0 N–H and O–H groups in total. The molecule has 2 nitrogen and oxygen atoms in total. The zero-order valence-electron chi connectivity index (χ0n) is 16.1. The lowest BCUT2D eigenvalue weighted by Gasteiger charge is -2.45. The van der Waals surface area contributed by atoms with Crippen LogP contribution in [0.25, 0.3) is 11.6 Å². The van der Waals surface area contributed by atoms with Crippen LogP contribution in [0.5, 0.6) is 0 Å². The molecule has 0 radical (unpaired) electrons. The second kappa shape index (κ2) is 6.61. The quantitative estimate of drug-likeness (QED) is 0.497. The molecular formula is C23H25FN2. The first kappa shape index (κ1) is 18.2. The van der Waals surface area contributed by atoms with Gasteiger partial charge in [0.1, 0.15) is 5.82 Å². The highest BCUT2D eigenvalue weighted by Crippen LogP contribution is 2.43. The Morgan fingerprint density at radius 1 is 1.27 bits per heavy atom. The largest absolute Gasteiger partial charge is 0.369 e. The molecular weight excluding hydrogens is 323 g/mol. The molecule has 134 valence electrons. The first-order valence-corrected chi connectivity index (χ1v) is 8.99.